The molecule has 0 heterocycles. The highest BCUT2D eigenvalue weighted by molar-refractivity contribution is 5.82. The molecule has 0 aromatic rings. The van der Waals surface area contributed by atoms with Crippen molar-refractivity contribution in [2.75, 3.05) is 6.54 Å². The minimum absolute atomic E-state index is 0.116. The molecule has 98 valence electrons. The van der Waals surface area contributed by atoms with Crippen molar-refractivity contribution in [1.82, 2.24) is 5.32 Å². The molecule has 0 unspecified atom stereocenters. The number of carbonyl (C=O) groups is 2. The topological polar surface area (TPSA) is 86.6 Å². The van der Waals surface area contributed by atoms with Crippen LogP contribution in [0.1, 0.15) is 39.5 Å². The van der Waals surface area contributed by atoms with Gasteiger partial charge in [0.05, 0.1) is 5.41 Å². The summed E-state index contributed by atoms with van der Waals surface area (Å²) in [5, 5.41) is 21.3. The number of hydrogen-bond donors (Lipinski definition) is 3. The highest BCUT2D eigenvalue weighted by atomic mass is 16.4. The Labute approximate surface area is 101 Å². The highest BCUT2D eigenvalue weighted by Gasteiger charge is 2.41. The number of carboxylic acids is 1. The van der Waals surface area contributed by atoms with E-state index >= 15 is 0 Å². The van der Waals surface area contributed by atoms with E-state index in [9.17, 15) is 19.8 Å². The molecule has 0 radical (unpaired) electrons. The van der Waals surface area contributed by atoms with Crippen molar-refractivity contribution in [3.63, 3.8) is 0 Å². The number of aliphatic hydroxyl groups excluding tert-OH is 1. The van der Waals surface area contributed by atoms with Crippen LogP contribution in [0.3, 0.4) is 0 Å². The van der Waals surface area contributed by atoms with Crippen molar-refractivity contribution in [2.45, 2.75) is 45.6 Å². The van der Waals surface area contributed by atoms with Crippen LogP contribution in [-0.2, 0) is 9.59 Å². The number of aliphatic hydroxyl groups is 1. The molecule has 1 fully saturated rings. The summed E-state index contributed by atoms with van der Waals surface area (Å²) in [6, 6.07) is 0. The Hall–Kier alpha value is -1.10. The second-order valence-electron chi connectivity index (χ2n) is 5.20. The van der Waals surface area contributed by atoms with E-state index in [1.54, 1.807) is 13.8 Å². The van der Waals surface area contributed by atoms with Gasteiger partial charge in [-0.2, -0.15) is 0 Å². The van der Waals surface area contributed by atoms with Crippen LogP contribution in [0, 0.1) is 11.3 Å². The van der Waals surface area contributed by atoms with Gasteiger partial charge in [0.25, 0.3) is 0 Å². The lowest BCUT2D eigenvalue weighted by Crippen LogP contribution is -2.45. The van der Waals surface area contributed by atoms with Crippen LogP contribution in [0.2, 0.25) is 0 Å². The van der Waals surface area contributed by atoms with Crippen LogP contribution in [0.5, 0.6) is 0 Å². The molecule has 1 aliphatic rings. The van der Waals surface area contributed by atoms with Gasteiger partial charge in [0.2, 0.25) is 5.91 Å². The van der Waals surface area contributed by atoms with Crippen molar-refractivity contribution in [3.8, 4) is 0 Å². The van der Waals surface area contributed by atoms with Gasteiger partial charge in [-0.1, -0.05) is 26.7 Å². The minimum atomic E-state index is -1.07. The Morgan fingerprint density at radius 3 is 2.24 bits per heavy atom. The summed E-state index contributed by atoms with van der Waals surface area (Å²) in [7, 11) is 0. The highest BCUT2D eigenvalue weighted by Crippen LogP contribution is 2.37. The van der Waals surface area contributed by atoms with Crippen LogP contribution in [-0.4, -0.2) is 34.7 Å². The average molecular weight is 243 g/mol. The summed E-state index contributed by atoms with van der Waals surface area (Å²) in [4.78, 5) is 22.8. The zero-order valence-corrected chi connectivity index (χ0v) is 10.4. The second-order valence-corrected chi connectivity index (χ2v) is 5.20. The maximum atomic E-state index is 11.6. The van der Waals surface area contributed by atoms with Crippen LogP contribution < -0.4 is 5.32 Å². The Morgan fingerprint density at radius 2 is 1.82 bits per heavy atom. The zero-order chi connectivity index (χ0) is 13.1. The maximum Gasteiger partial charge on any atom is 0.311 e. The van der Waals surface area contributed by atoms with Gasteiger partial charge in [-0.25, -0.2) is 0 Å². The first-order chi connectivity index (χ1) is 7.89. The Morgan fingerprint density at radius 1 is 1.29 bits per heavy atom. The fourth-order valence-electron chi connectivity index (χ4n) is 2.18. The van der Waals surface area contributed by atoms with Crippen LogP contribution >= 0.6 is 0 Å². The third-order valence-electron chi connectivity index (χ3n) is 3.52. The molecule has 1 rings (SSSR count). The smallest absolute Gasteiger partial charge is 0.311 e. The van der Waals surface area contributed by atoms with E-state index in [1.807, 2.05) is 0 Å². The summed E-state index contributed by atoms with van der Waals surface area (Å²) in [6.07, 6.45) is 1.90. The Balaban J connectivity index is 2.54. The number of hydrogen-bond acceptors (Lipinski definition) is 3. The minimum Gasteiger partial charge on any atom is -0.481 e. The summed E-state index contributed by atoms with van der Waals surface area (Å²) >= 11 is 0. The van der Waals surface area contributed by atoms with Gasteiger partial charge in [-0.3, -0.25) is 9.59 Å². The molecule has 0 aliphatic heterocycles. The lowest BCUT2D eigenvalue weighted by Gasteiger charge is -2.25. The molecule has 1 aliphatic carbocycles. The molecule has 17 heavy (non-hydrogen) atoms. The molecule has 0 bridgehead atoms. The molecule has 0 spiro atoms. The van der Waals surface area contributed by atoms with Crippen molar-refractivity contribution in [3.05, 3.63) is 0 Å². The summed E-state index contributed by atoms with van der Waals surface area (Å²) in [5.41, 5.74) is -0.827. The summed E-state index contributed by atoms with van der Waals surface area (Å²) in [5.74, 6) is -1.50. The van der Waals surface area contributed by atoms with Gasteiger partial charge < -0.3 is 15.5 Å². The summed E-state index contributed by atoms with van der Waals surface area (Å²) < 4.78 is 0. The van der Waals surface area contributed by atoms with Crippen molar-refractivity contribution in [1.29, 1.82) is 0 Å². The largest absolute Gasteiger partial charge is 0.481 e. The van der Waals surface area contributed by atoms with Gasteiger partial charge in [-0.15, -0.1) is 0 Å². The number of rotatable bonds is 5. The predicted molar refractivity (Wildman–Crippen MR) is 62.4 cm³/mol. The van der Waals surface area contributed by atoms with E-state index in [-0.39, 0.29) is 12.5 Å². The molecule has 5 heteroatoms. The predicted octanol–water partition coefficient (Wildman–Crippen LogP) is 0.764. The van der Waals surface area contributed by atoms with Gasteiger partial charge in [0.1, 0.15) is 6.10 Å². The molecule has 5 nitrogen and oxygen atoms in total. The first kappa shape index (κ1) is 14.0. The van der Waals surface area contributed by atoms with E-state index in [0.717, 1.165) is 12.8 Å². The van der Waals surface area contributed by atoms with E-state index in [0.29, 0.717) is 12.8 Å². The third-order valence-corrected chi connectivity index (χ3v) is 3.52. The Kier molecular flexibility index (Phi) is 4.51. The van der Waals surface area contributed by atoms with Gasteiger partial charge in [-0.05, 0) is 18.8 Å². The maximum absolute atomic E-state index is 11.6. The van der Waals surface area contributed by atoms with Crippen molar-refractivity contribution < 1.29 is 19.8 Å². The average Bonchev–Trinajstić information content (AvgIpc) is 2.74. The molecule has 1 amide bonds. The molecule has 0 aromatic heterocycles. The number of amides is 1. The van der Waals surface area contributed by atoms with Crippen molar-refractivity contribution in [2.24, 2.45) is 11.3 Å². The van der Waals surface area contributed by atoms with Crippen LogP contribution in [0.25, 0.3) is 0 Å². The van der Waals surface area contributed by atoms with E-state index in [2.05, 4.69) is 5.32 Å². The lowest BCUT2D eigenvalue weighted by atomic mass is 9.86. The number of aliphatic carboxylic acids is 1. The molecular formula is C12H21NO4. The lowest BCUT2D eigenvalue weighted by molar-refractivity contribution is -0.149. The van der Waals surface area contributed by atoms with E-state index < -0.39 is 23.4 Å². The quantitative estimate of drug-likeness (QED) is 0.665. The number of carbonyl (C=O) groups excluding carboxylic acids is 1. The van der Waals surface area contributed by atoms with E-state index in [1.165, 1.54) is 0 Å². The zero-order valence-electron chi connectivity index (χ0n) is 10.4. The first-order valence-electron chi connectivity index (χ1n) is 6.08. The van der Waals surface area contributed by atoms with Crippen LogP contribution in [0.4, 0.5) is 0 Å². The Bertz CT molecular complexity index is 295. The third kappa shape index (κ3) is 3.19. The normalized spacial score (nSPS) is 20.2. The number of nitrogens with one attached hydrogen (secondary N) is 1. The molecular weight excluding hydrogens is 222 g/mol. The van der Waals surface area contributed by atoms with E-state index in [4.69, 9.17) is 0 Å². The van der Waals surface area contributed by atoms with Gasteiger partial charge >= 0.3 is 5.97 Å². The molecule has 0 saturated heterocycles. The first-order valence-corrected chi connectivity index (χ1v) is 6.08. The molecule has 0 aromatic carbocycles. The standard InChI is InChI=1S/C12H21NO4/c1-8(2)9(14)10(15)13-7-12(11(16)17)5-3-4-6-12/h8-9,14H,3-7H2,1-2H3,(H,13,15)(H,16,17)/t9-/m0/s1. The monoisotopic (exact) mass is 243 g/mol. The molecule has 1 atom stereocenters. The fraction of sp³-hybridized carbons (Fsp3) is 0.833. The second kappa shape index (κ2) is 5.49. The SMILES string of the molecule is CC(C)[C@H](O)C(=O)NCC1(C(=O)O)CCCC1. The van der Waals surface area contributed by atoms with Crippen LogP contribution in [0.15, 0.2) is 0 Å². The van der Waals surface area contributed by atoms with Crippen molar-refractivity contribution >= 4 is 11.9 Å². The van der Waals surface area contributed by atoms with Gasteiger partial charge in [0.15, 0.2) is 0 Å². The van der Waals surface area contributed by atoms with Gasteiger partial charge in [0, 0.05) is 6.54 Å². The molecule has 1 saturated carbocycles. The molecule has 3 N–H and O–H groups in total. The fourth-order valence-corrected chi connectivity index (χ4v) is 2.18. The summed E-state index contributed by atoms with van der Waals surface area (Å²) in [6.45, 7) is 3.60. The number of carboxylic acid groups (broad SMARTS) is 1.